The number of nitro benzene ring substituents is 1. The normalized spacial score (nSPS) is 11.2. The molecule has 0 unspecified atom stereocenters. The van der Waals surface area contributed by atoms with Crippen LogP contribution in [0.3, 0.4) is 0 Å². The monoisotopic (exact) mass is 310 g/mol. The molecule has 16 heavy (non-hydrogen) atoms. The molecule has 0 amide bonds. The number of sulfonamides is 1. The molecule has 1 aromatic rings. The van der Waals surface area contributed by atoms with Crippen molar-refractivity contribution in [3.8, 4) is 5.75 Å². The first-order valence-corrected chi connectivity index (χ1v) is 6.16. The fourth-order valence-corrected chi connectivity index (χ4v) is 2.21. The molecule has 0 saturated carbocycles. The van der Waals surface area contributed by atoms with E-state index in [1.165, 1.54) is 13.2 Å². The van der Waals surface area contributed by atoms with Gasteiger partial charge in [-0.05, 0) is 15.9 Å². The van der Waals surface area contributed by atoms with Gasteiger partial charge in [0.1, 0.15) is 10.6 Å². The lowest BCUT2D eigenvalue weighted by molar-refractivity contribution is -0.385. The van der Waals surface area contributed by atoms with Crippen molar-refractivity contribution in [3.63, 3.8) is 0 Å². The van der Waals surface area contributed by atoms with Gasteiger partial charge in [0.15, 0.2) is 0 Å². The van der Waals surface area contributed by atoms with Crippen molar-refractivity contribution in [1.82, 2.24) is 0 Å². The van der Waals surface area contributed by atoms with E-state index in [9.17, 15) is 18.5 Å². The standard InChI is InChI=1S/C7H7BrN2O5S/c1-15-6-2-4(8)5(10(11)12)3-7(6)16(9,13)14/h2-3H,1H3,(H2,9,13,14). The second kappa shape index (κ2) is 4.36. The number of nitrogens with two attached hydrogens (primary N) is 1. The molecule has 0 aliphatic rings. The van der Waals surface area contributed by atoms with E-state index in [4.69, 9.17) is 9.88 Å². The number of rotatable bonds is 3. The van der Waals surface area contributed by atoms with Gasteiger partial charge >= 0.3 is 0 Å². The molecule has 0 aliphatic heterocycles. The SMILES string of the molecule is COc1cc(Br)c([N+](=O)[O-])cc1S(N)(=O)=O. The summed E-state index contributed by atoms with van der Waals surface area (Å²) in [5.74, 6) is -0.0556. The molecule has 0 aromatic heterocycles. The molecule has 0 bridgehead atoms. The van der Waals surface area contributed by atoms with E-state index in [0.29, 0.717) is 0 Å². The summed E-state index contributed by atoms with van der Waals surface area (Å²) >= 11 is 2.93. The first-order valence-electron chi connectivity index (χ1n) is 3.82. The van der Waals surface area contributed by atoms with Crippen molar-refractivity contribution >= 4 is 31.6 Å². The quantitative estimate of drug-likeness (QED) is 0.661. The summed E-state index contributed by atoms with van der Waals surface area (Å²) in [5, 5.41) is 15.5. The highest BCUT2D eigenvalue weighted by Gasteiger charge is 2.22. The molecule has 0 saturated heterocycles. The van der Waals surface area contributed by atoms with Crippen LogP contribution in [-0.4, -0.2) is 20.5 Å². The van der Waals surface area contributed by atoms with Crippen LogP contribution in [0.5, 0.6) is 5.75 Å². The predicted octanol–water partition coefficient (Wildman–Crippen LogP) is 1.01. The van der Waals surface area contributed by atoms with Gasteiger partial charge in [0.05, 0.1) is 16.5 Å². The summed E-state index contributed by atoms with van der Waals surface area (Å²) in [6.07, 6.45) is 0. The van der Waals surface area contributed by atoms with Crippen molar-refractivity contribution in [2.75, 3.05) is 7.11 Å². The zero-order valence-electron chi connectivity index (χ0n) is 8.01. The summed E-state index contributed by atoms with van der Waals surface area (Å²) in [7, 11) is -2.83. The Balaban J connectivity index is 3.60. The third kappa shape index (κ3) is 2.49. The number of benzene rings is 1. The Morgan fingerprint density at radius 1 is 1.50 bits per heavy atom. The number of methoxy groups -OCH3 is 1. The Morgan fingerprint density at radius 3 is 2.44 bits per heavy atom. The second-order valence-corrected chi connectivity index (χ2v) is 5.14. The third-order valence-corrected chi connectivity index (χ3v) is 3.30. The van der Waals surface area contributed by atoms with Crippen LogP contribution in [0, 0.1) is 10.1 Å². The molecular formula is C7H7BrN2O5S. The van der Waals surface area contributed by atoms with E-state index in [1.54, 1.807) is 0 Å². The minimum Gasteiger partial charge on any atom is -0.495 e. The molecule has 7 nitrogen and oxygen atoms in total. The van der Waals surface area contributed by atoms with Crippen LogP contribution in [0.25, 0.3) is 0 Å². The molecule has 0 atom stereocenters. The third-order valence-electron chi connectivity index (χ3n) is 1.74. The first kappa shape index (κ1) is 12.9. The van der Waals surface area contributed by atoms with E-state index in [1.807, 2.05) is 0 Å². The fourth-order valence-electron chi connectivity index (χ4n) is 1.05. The van der Waals surface area contributed by atoms with Gasteiger partial charge in [-0.2, -0.15) is 0 Å². The van der Waals surface area contributed by atoms with Crippen LogP contribution in [0.4, 0.5) is 5.69 Å². The van der Waals surface area contributed by atoms with Crippen LogP contribution in [0.2, 0.25) is 0 Å². The maximum atomic E-state index is 11.2. The maximum Gasteiger partial charge on any atom is 0.285 e. The smallest absolute Gasteiger partial charge is 0.285 e. The van der Waals surface area contributed by atoms with E-state index >= 15 is 0 Å². The van der Waals surface area contributed by atoms with Crippen molar-refractivity contribution in [3.05, 3.63) is 26.7 Å². The first-order chi connectivity index (χ1) is 7.27. The predicted molar refractivity (Wildman–Crippen MR) is 58.7 cm³/mol. The van der Waals surface area contributed by atoms with Gasteiger partial charge < -0.3 is 4.74 Å². The van der Waals surface area contributed by atoms with Gasteiger partial charge in [-0.25, -0.2) is 13.6 Å². The van der Waals surface area contributed by atoms with Gasteiger partial charge in [-0.15, -0.1) is 0 Å². The highest BCUT2D eigenvalue weighted by molar-refractivity contribution is 9.10. The van der Waals surface area contributed by atoms with E-state index < -0.39 is 25.5 Å². The number of primary sulfonamides is 1. The largest absolute Gasteiger partial charge is 0.495 e. The van der Waals surface area contributed by atoms with Crippen molar-refractivity contribution < 1.29 is 18.1 Å². The number of halogens is 1. The fraction of sp³-hybridized carbons (Fsp3) is 0.143. The Hall–Kier alpha value is -1.19. The minimum atomic E-state index is -4.07. The molecule has 0 radical (unpaired) electrons. The topological polar surface area (TPSA) is 113 Å². The van der Waals surface area contributed by atoms with Crippen LogP contribution in [0.15, 0.2) is 21.5 Å². The molecule has 0 spiro atoms. The van der Waals surface area contributed by atoms with Gasteiger partial charge in [0.2, 0.25) is 10.0 Å². The van der Waals surface area contributed by atoms with Gasteiger partial charge in [-0.3, -0.25) is 10.1 Å². The average Bonchev–Trinajstić information content (AvgIpc) is 2.14. The summed E-state index contributed by atoms with van der Waals surface area (Å²) in [4.78, 5) is 9.45. The molecule has 9 heteroatoms. The molecule has 1 rings (SSSR count). The molecule has 0 heterocycles. The average molecular weight is 311 g/mol. The molecule has 2 N–H and O–H groups in total. The number of hydrogen-bond acceptors (Lipinski definition) is 5. The van der Waals surface area contributed by atoms with Gasteiger partial charge in [0, 0.05) is 12.1 Å². The lowest BCUT2D eigenvalue weighted by Gasteiger charge is -2.07. The molecule has 1 aromatic carbocycles. The molecular weight excluding hydrogens is 304 g/mol. The number of nitro groups is 1. The second-order valence-electron chi connectivity index (χ2n) is 2.76. The lowest BCUT2D eigenvalue weighted by atomic mass is 10.3. The van der Waals surface area contributed by atoms with Gasteiger partial charge in [-0.1, -0.05) is 0 Å². The number of nitrogens with zero attached hydrogens (tertiary/aromatic N) is 1. The summed E-state index contributed by atoms with van der Waals surface area (Å²) in [6.45, 7) is 0. The van der Waals surface area contributed by atoms with Crippen molar-refractivity contribution in [2.45, 2.75) is 4.90 Å². The highest BCUT2D eigenvalue weighted by atomic mass is 79.9. The Bertz CT molecular complexity index is 542. The number of ether oxygens (including phenoxy) is 1. The molecule has 0 fully saturated rings. The number of hydrogen-bond donors (Lipinski definition) is 1. The Morgan fingerprint density at radius 2 is 2.06 bits per heavy atom. The van der Waals surface area contributed by atoms with Crippen LogP contribution < -0.4 is 9.88 Å². The summed E-state index contributed by atoms with van der Waals surface area (Å²) in [5.41, 5.74) is -0.398. The van der Waals surface area contributed by atoms with Crippen molar-refractivity contribution in [1.29, 1.82) is 0 Å². The molecule has 88 valence electrons. The van der Waals surface area contributed by atoms with Gasteiger partial charge in [0.25, 0.3) is 5.69 Å². The lowest BCUT2D eigenvalue weighted by Crippen LogP contribution is -2.14. The van der Waals surface area contributed by atoms with E-state index in [0.717, 1.165) is 6.07 Å². The minimum absolute atomic E-state index is 0.0556. The maximum absolute atomic E-state index is 11.2. The summed E-state index contributed by atoms with van der Waals surface area (Å²) < 4.78 is 27.2. The van der Waals surface area contributed by atoms with Crippen molar-refractivity contribution in [2.24, 2.45) is 5.14 Å². The zero-order chi connectivity index (χ0) is 12.5. The Labute approximate surface area is 99.5 Å². The molecule has 0 aliphatic carbocycles. The van der Waals surface area contributed by atoms with Crippen LogP contribution in [0.1, 0.15) is 0 Å². The Kier molecular flexibility index (Phi) is 3.51. The zero-order valence-corrected chi connectivity index (χ0v) is 10.4. The highest BCUT2D eigenvalue weighted by Crippen LogP contribution is 2.34. The van der Waals surface area contributed by atoms with E-state index in [-0.39, 0.29) is 10.2 Å². The van der Waals surface area contributed by atoms with Crippen LogP contribution >= 0.6 is 15.9 Å². The van der Waals surface area contributed by atoms with E-state index in [2.05, 4.69) is 15.9 Å². The summed E-state index contributed by atoms with van der Waals surface area (Å²) in [6, 6.07) is 2.02. The van der Waals surface area contributed by atoms with Crippen LogP contribution in [-0.2, 0) is 10.0 Å².